The number of furan rings is 1. The lowest BCUT2D eigenvalue weighted by Gasteiger charge is -2.13. The number of aryl methyl sites for hydroxylation is 1. The fourth-order valence-corrected chi connectivity index (χ4v) is 2.52. The minimum atomic E-state index is -0.346. The molecule has 0 radical (unpaired) electrons. The summed E-state index contributed by atoms with van der Waals surface area (Å²) in [4.78, 5) is 23.7. The van der Waals surface area contributed by atoms with E-state index in [0.29, 0.717) is 12.1 Å². The van der Waals surface area contributed by atoms with Gasteiger partial charge in [-0.05, 0) is 39.0 Å². The van der Waals surface area contributed by atoms with Gasteiger partial charge in [0.1, 0.15) is 5.76 Å². The summed E-state index contributed by atoms with van der Waals surface area (Å²) in [6.07, 6.45) is 1.78. The lowest BCUT2D eigenvalue weighted by atomic mass is 10.2. The number of aromatic nitrogens is 1. The SMILES string of the molecule is COC(=O)CC(C)NC(=O)c1cc(C)n(Cc2ccco2)c1C. The molecule has 23 heavy (non-hydrogen) atoms. The number of nitrogens with one attached hydrogen (secondary N) is 1. The summed E-state index contributed by atoms with van der Waals surface area (Å²) in [5, 5.41) is 2.83. The van der Waals surface area contributed by atoms with Gasteiger partial charge in [0.2, 0.25) is 0 Å². The zero-order valence-corrected chi connectivity index (χ0v) is 13.9. The number of methoxy groups -OCH3 is 1. The van der Waals surface area contributed by atoms with Crippen LogP contribution in [-0.2, 0) is 16.1 Å². The Morgan fingerprint density at radius 1 is 1.39 bits per heavy atom. The molecule has 1 atom stereocenters. The summed E-state index contributed by atoms with van der Waals surface area (Å²) < 4.78 is 12.0. The zero-order valence-electron chi connectivity index (χ0n) is 13.9. The Balaban J connectivity index is 2.10. The molecule has 124 valence electrons. The Labute approximate surface area is 135 Å². The van der Waals surface area contributed by atoms with Crippen molar-refractivity contribution in [1.82, 2.24) is 9.88 Å². The molecular weight excluding hydrogens is 296 g/mol. The van der Waals surface area contributed by atoms with Crippen molar-refractivity contribution < 1.29 is 18.7 Å². The van der Waals surface area contributed by atoms with Crippen molar-refractivity contribution in [3.8, 4) is 0 Å². The monoisotopic (exact) mass is 318 g/mol. The standard InChI is InChI=1S/C17H22N2O4/c1-11(8-16(20)22-4)18-17(21)15-9-12(2)19(13(15)3)10-14-6-5-7-23-14/h5-7,9,11H,8,10H2,1-4H3,(H,18,21). The molecule has 0 bridgehead atoms. The molecular formula is C17H22N2O4. The first kappa shape index (κ1) is 16.9. The quantitative estimate of drug-likeness (QED) is 0.830. The molecule has 0 spiro atoms. The highest BCUT2D eigenvalue weighted by molar-refractivity contribution is 5.96. The molecule has 1 amide bonds. The van der Waals surface area contributed by atoms with Gasteiger partial charge < -0.3 is 19.0 Å². The van der Waals surface area contributed by atoms with Crippen LogP contribution >= 0.6 is 0 Å². The highest BCUT2D eigenvalue weighted by Crippen LogP contribution is 2.17. The van der Waals surface area contributed by atoms with Gasteiger partial charge >= 0.3 is 5.97 Å². The fourth-order valence-electron chi connectivity index (χ4n) is 2.52. The van der Waals surface area contributed by atoms with E-state index >= 15 is 0 Å². The van der Waals surface area contributed by atoms with E-state index in [-0.39, 0.29) is 24.3 Å². The van der Waals surface area contributed by atoms with Gasteiger partial charge in [-0.15, -0.1) is 0 Å². The third-order valence-corrected chi connectivity index (χ3v) is 3.79. The van der Waals surface area contributed by atoms with E-state index in [2.05, 4.69) is 10.1 Å². The first-order valence-corrected chi connectivity index (χ1v) is 7.49. The van der Waals surface area contributed by atoms with Crippen LogP contribution in [0.15, 0.2) is 28.9 Å². The van der Waals surface area contributed by atoms with Crippen LogP contribution in [-0.4, -0.2) is 29.6 Å². The van der Waals surface area contributed by atoms with Crippen molar-refractivity contribution in [1.29, 1.82) is 0 Å². The minimum Gasteiger partial charge on any atom is -0.469 e. The van der Waals surface area contributed by atoms with E-state index in [4.69, 9.17) is 4.42 Å². The van der Waals surface area contributed by atoms with Crippen molar-refractivity contribution in [2.45, 2.75) is 39.8 Å². The molecule has 6 heteroatoms. The van der Waals surface area contributed by atoms with Crippen molar-refractivity contribution in [3.63, 3.8) is 0 Å². The van der Waals surface area contributed by atoms with Crippen molar-refractivity contribution in [2.75, 3.05) is 7.11 Å². The maximum absolute atomic E-state index is 12.4. The molecule has 2 heterocycles. The third-order valence-electron chi connectivity index (χ3n) is 3.79. The second-order valence-corrected chi connectivity index (χ2v) is 5.61. The third kappa shape index (κ3) is 4.03. The van der Waals surface area contributed by atoms with E-state index < -0.39 is 0 Å². The first-order valence-electron chi connectivity index (χ1n) is 7.49. The average Bonchev–Trinajstić information content (AvgIpc) is 3.10. The predicted molar refractivity (Wildman–Crippen MR) is 85.3 cm³/mol. The number of carbonyl (C=O) groups excluding carboxylic acids is 2. The Morgan fingerprint density at radius 3 is 2.74 bits per heavy atom. The highest BCUT2D eigenvalue weighted by atomic mass is 16.5. The van der Waals surface area contributed by atoms with E-state index in [1.165, 1.54) is 7.11 Å². The van der Waals surface area contributed by atoms with Crippen LogP contribution in [0.4, 0.5) is 0 Å². The van der Waals surface area contributed by atoms with Crippen LogP contribution in [0, 0.1) is 13.8 Å². The Hall–Kier alpha value is -2.50. The Bertz CT molecular complexity index is 686. The van der Waals surface area contributed by atoms with Crippen LogP contribution in [0.1, 0.15) is 40.9 Å². The van der Waals surface area contributed by atoms with E-state index in [0.717, 1.165) is 17.1 Å². The minimum absolute atomic E-state index is 0.146. The predicted octanol–water partition coefficient (Wildman–Crippen LogP) is 2.43. The lowest BCUT2D eigenvalue weighted by Crippen LogP contribution is -2.34. The summed E-state index contributed by atoms with van der Waals surface area (Å²) in [6, 6.07) is 5.30. The Kier molecular flexibility index (Phi) is 5.26. The maximum Gasteiger partial charge on any atom is 0.307 e. The van der Waals surface area contributed by atoms with Crippen LogP contribution in [0.5, 0.6) is 0 Å². The van der Waals surface area contributed by atoms with Crippen LogP contribution in [0.25, 0.3) is 0 Å². The summed E-state index contributed by atoms with van der Waals surface area (Å²) in [5.74, 6) is 0.291. The molecule has 2 aromatic rings. The number of amides is 1. The average molecular weight is 318 g/mol. The smallest absolute Gasteiger partial charge is 0.307 e. The molecule has 0 aliphatic carbocycles. The number of esters is 1. The van der Waals surface area contributed by atoms with Crippen LogP contribution in [0.2, 0.25) is 0 Å². The molecule has 0 aliphatic heterocycles. The Morgan fingerprint density at radius 2 is 2.13 bits per heavy atom. The molecule has 0 saturated heterocycles. The number of carbonyl (C=O) groups is 2. The number of rotatable bonds is 6. The largest absolute Gasteiger partial charge is 0.469 e. The summed E-state index contributed by atoms with van der Waals surface area (Å²) in [6.45, 7) is 6.20. The molecule has 1 unspecified atom stereocenters. The van der Waals surface area contributed by atoms with E-state index in [1.54, 1.807) is 13.2 Å². The molecule has 2 rings (SSSR count). The normalized spacial score (nSPS) is 12.0. The van der Waals surface area contributed by atoms with Gasteiger partial charge in [-0.2, -0.15) is 0 Å². The summed E-state index contributed by atoms with van der Waals surface area (Å²) >= 11 is 0. The van der Waals surface area contributed by atoms with Gasteiger partial charge in [-0.25, -0.2) is 0 Å². The number of hydrogen-bond donors (Lipinski definition) is 1. The topological polar surface area (TPSA) is 73.5 Å². The second kappa shape index (κ2) is 7.17. The summed E-state index contributed by atoms with van der Waals surface area (Å²) in [5.41, 5.74) is 2.44. The fraction of sp³-hybridized carbons (Fsp3) is 0.412. The van der Waals surface area contributed by atoms with E-state index in [1.807, 2.05) is 36.6 Å². The van der Waals surface area contributed by atoms with Gasteiger partial charge in [0.25, 0.3) is 5.91 Å². The van der Waals surface area contributed by atoms with Crippen LogP contribution < -0.4 is 5.32 Å². The van der Waals surface area contributed by atoms with Crippen molar-refractivity contribution >= 4 is 11.9 Å². The van der Waals surface area contributed by atoms with Crippen molar-refractivity contribution in [3.05, 3.63) is 47.2 Å². The molecule has 6 nitrogen and oxygen atoms in total. The number of nitrogens with zero attached hydrogens (tertiary/aromatic N) is 1. The van der Waals surface area contributed by atoms with Crippen LogP contribution in [0.3, 0.4) is 0 Å². The van der Waals surface area contributed by atoms with Gasteiger partial charge in [-0.3, -0.25) is 9.59 Å². The second-order valence-electron chi connectivity index (χ2n) is 5.61. The highest BCUT2D eigenvalue weighted by Gasteiger charge is 2.19. The van der Waals surface area contributed by atoms with Gasteiger partial charge in [0.15, 0.2) is 0 Å². The zero-order chi connectivity index (χ0) is 17.0. The maximum atomic E-state index is 12.4. The molecule has 2 aromatic heterocycles. The van der Waals surface area contributed by atoms with Gasteiger partial charge in [0.05, 0.1) is 31.9 Å². The molecule has 1 N–H and O–H groups in total. The first-order chi connectivity index (χ1) is 10.9. The molecule has 0 aromatic carbocycles. The van der Waals surface area contributed by atoms with Crippen molar-refractivity contribution in [2.24, 2.45) is 0 Å². The van der Waals surface area contributed by atoms with Gasteiger partial charge in [-0.1, -0.05) is 0 Å². The molecule has 0 fully saturated rings. The molecule has 0 saturated carbocycles. The molecule has 0 aliphatic rings. The number of ether oxygens (including phenoxy) is 1. The lowest BCUT2D eigenvalue weighted by molar-refractivity contribution is -0.141. The number of hydrogen-bond acceptors (Lipinski definition) is 4. The summed E-state index contributed by atoms with van der Waals surface area (Å²) in [7, 11) is 1.33. The van der Waals surface area contributed by atoms with E-state index in [9.17, 15) is 9.59 Å². The van der Waals surface area contributed by atoms with Gasteiger partial charge in [0, 0.05) is 17.4 Å².